The summed E-state index contributed by atoms with van der Waals surface area (Å²) in [5, 5.41) is 5.43. The van der Waals surface area contributed by atoms with E-state index in [0.29, 0.717) is 18.8 Å². The highest BCUT2D eigenvalue weighted by molar-refractivity contribution is 7.09. The highest BCUT2D eigenvalue weighted by atomic mass is 32.1. The van der Waals surface area contributed by atoms with Crippen LogP contribution in [0.2, 0.25) is 0 Å². The number of carbonyl (C=O) groups is 1. The minimum absolute atomic E-state index is 0.157. The van der Waals surface area contributed by atoms with Crippen LogP contribution in [0, 0.1) is 0 Å². The predicted octanol–water partition coefficient (Wildman–Crippen LogP) is 2.37. The van der Waals surface area contributed by atoms with Crippen molar-refractivity contribution in [3.63, 3.8) is 0 Å². The third kappa shape index (κ3) is 5.13. The average molecular weight is 332 g/mol. The van der Waals surface area contributed by atoms with Crippen LogP contribution in [0.5, 0.6) is 0 Å². The Morgan fingerprint density at radius 2 is 2.04 bits per heavy atom. The van der Waals surface area contributed by atoms with Gasteiger partial charge < -0.3 is 11.1 Å². The molecule has 0 saturated carbocycles. The van der Waals surface area contributed by atoms with Gasteiger partial charge in [-0.25, -0.2) is 4.98 Å². The summed E-state index contributed by atoms with van der Waals surface area (Å²) in [5.74, 6) is -0.157. The number of hydrogen-bond donors (Lipinski definition) is 2. The molecule has 1 heterocycles. The van der Waals surface area contributed by atoms with Crippen LogP contribution < -0.4 is 11.1 Å². The first-order chi connectivity index (χ1) is 11.2. The standard InChI is InChI=1S/C17H24N4OS/c1-3-21(4-2)11-14-7-5-6-13(8-14)10-19-17(22)15-12-23-16(9-18)20-15/h5-8,12H,3-4,9-11,18H2,1-2H3,(H,19,22). The molecule has 0 spiro atoms. The van der Waals surface area contributed by atoms with Crippen molar-refractivity contribution >= 4 is 17.2 Å². The molecule has 0 aliphatic rings. The third-order valence-corrected chi connectivity index (χ3v) is 4.58. The first-order valence-corrected chi connectivity index (χ1v) is 8.77. The van der Waals surface area contributed by atoms with Gasteiger partial charge in [0.15, 0.2) is 0 Å². The number of nitrogens with one attached hydrogen (secondary N) is 1. The van der Waals surface area contributed by atoms with Gasteiger partial charge in [-0.15, -0.1) is 11.3 Å². The number of nitrogens with two attached hydrogens (primary N) is 1. The number of hydrogen-bond acceptors (Lipinski definition) is 5. The maximum absolute atomic E-state index is 12.1. The summed E-state index contributed by atoms with van der Waals surface area (Å²) >= 11 is 1.41. The molecule has 23 heavy (non-hydrogen) atoms. The Morgan fingerprint density at radius 1 is 1.30 bits per heavy atom. The van der Waals surface area contributed by atoms with Crippen molar-refractivity contribution in [1.82, 2.24) is 15.2 Å². The summed E-state index contributed by atoms with van der Waals surface area (Å²) in [5.41, 5.74) is 8.32. The molecule has 2 rings (SSSR count). The highest BCUT2D eigenvalue weighted by Gasteiger charge is 2.10. The second-order valence-corrected chi connectivity index (χ2v) is 6.24. The molecular weight excluding hydrogens is 308 g/mol. The Labute approximate surface area is 141 Å². The van der Waals surface area contributed by atoms with Crippen molar-refractivity contribution in [1.29, 1.82) is 0 Å². The normalized spacial score (nSPS) is 11.0. The number of aromatic nitrogens is 1. The Morgan fingerprint density at radius 3 is 2.70 bits per heavy atom. The van der Waals surface area contributed by atoms with Crippen LogP contribution in [-0.2, 0) is 19.6 Å². The smallest absolute Gasteiger partial charge is 0.271 e. The quantitative estimate of drug-likeness (QED) is 0.778. The van der Waals surface area contributed by atoms with Gasteiger partial charge in [0, 0.05) is 25.0 Å². The Balaban J connectivity index is 1.93. The number of benzene rings is 1. The minimum atomic E-state index is -0.157. The molecule has 1 aromatic heterocycles. The molecule has 0 aliphatic heterocycles. The van der Waals surface area contributed by atoms with E-state index in [-0.39, 0.29) is 5.91 Å². The summed E-state index contributed by atoms with van der Waals surface area (Å²) in [4.78, 5) is 18.6. The van der Waals surface area contributed by atoms with Crippen LogP contribution in [0.4, 0.5) is 0 Å². The first kappa shape index (κ1) is 17.6. The molecule has 124 valence electrons. The molecular formula is C17H24N4OS. The van der Waals surface area contributed by atoms with Crippen molar-refractivity contribution in [3.05, 3.63) is 51.5 Å². The lowest BCUT2D eigenvalue weighted by molar-refractivity contribution is 0.0946. The van der Waals surface area contributed by atoms with Gasteiger partial charge in [0.2, 0.25) is 0 Å². The number of nitrogens with zero attached hydrogens (tertiary/aromatic N) is 2. The van der Waals surface area contributed by atoms with E-state index in [4.69, 9.17) is 5.73 Å². The largest absolute Gasteiger partial charge is 0.347 e. The summed E-state index contributed by atoms with van der Waals surface area (Å²) in [6.07, 6.45) is 0. The van der Waals surface area contributed by atoms with Crippen molar-refractivity contribution in [2.45, 2.75) is 33.5 Å². The number of rotatable bonds is 8. The summed E-state index contributed by atoms with van der Waals surface area (Å²) in [7, 11) is 0. The van der Waals surface area contributed by atoms with Crippen molar-refractivity contribution < 1.29 is 4.79 Å². The fourth-order valence-corrected chi connectivity index (χ4v) is 2.98. The molecule has 1 amide bonds. The number of thiazole rings is 1. The van der Waals surface area contributed by atoms with E-state index in [1.165, 1.54) is 16.9 Å². The Hall–Kier alpha value is -1.76. The maximum Gasteiger partial charge on any atom is 0.271 e. The van der Waals surface area contributed by atoms with E-state index in [2.05, 4.69) is 41.2 Å². The second-order valence-electron chi connectivity index (χ2n) is 5.29. The van der Waals surface area contributed by atoms with Crippen LogP contribution in [0.25, 0.3) is 0 Å². The SMILES string of the molecule is CCN(CC)Cc1cccc(CNC(=O)c2csc(CN)n2)c1. The first-order valence-electron chi connectivity index (χ1n) is 7.89. The lowest BCUT2D eigenvalue weighted by atomic mass is 10.1. The summed E-state index contributed by atoms with van der Waals surface area (Å²) in [6.45, 7) is 8.19. The van der Waals surface area contributed by atoms with Gasteiger partial charge in [0.25, 0.3) is 5.91 Å². The lowest BCUT2D eigenvalue weighted by Crippen LogP contribution is -2.24. The van der Waals surface area contributed by atoms with Gasteiger partial charge in [-0.1, -0.05) is 38.1 Å². The zero-order valence-electron chi connectivity index (χ0n) is 13.7. The molecule has 0 radical (unpaired) electrons. The zero-order valence-corrected chi connectivity index (χ0v) is 14.5. The van der Waals surface area contributed by atoms with Gasteiger partial charge >= 0.3 is 0 Å². The molecule has 1 aromatic carbocycles. The molecule has 6 heteroatoms. The fourth-order valence-electron chi connectivity index (χ4n) is 2.33. The molecule has 3 N–H and O–H groups in total. The average Bonchev–Trinajstić information content (AvgIpc) is 3.07. The van der Waals surface area contributed by atoms with E-state index >= 15 is 0 Å². The number of carbonyl (C=O) groups excluding carboxylic acids is 1. The van der Waals surface area contributed by atoms with Gasteiger partial charge in [0.1, 0.15) is 10.7 Å². The third-order valence-electron chi connectivity index (χ3n) is 3.70. The monoisotopic (exact) mass is 332 g/mol. The van der Waals surface area contributed by atoms with Crippen LogP contribution in [0.3, 0.4) is 0 Å². The molecule has 0 bridgehead atoms. The zero-order chi connectivity index (χ0) is 16.7. The second kappa shape index (κ2) is 8.76. The Bertz CT molecular complexity index is 637. The lowest BCUT2D eigenvalue weighted by Gasteiger charge is -2.18. The van der Waals surface area contributed by atoms with Crippen molar-refractivity contribution in [3.8, 4) is 0 Å². The van der Waals surface area contributed by atoms with Crippen LogP contribution >= 0.6 is 11.3 Å². The summed E-state index contributed by atoms with van der Waals surface area (Å²) in [6, 6.07) is 8.33. The maximum atomic E-state index is 12.1. The predicted molar refractivity (Wildman–Crippen MR) is 94.2 cm³/mol. The molecule has 2 aromatic rings. The molecule has 0 atom stereocenters. The molecule has 0 aliphatic carbocycles. The Kier molecular flexibility index (Phi) is 6.70. The van der Waals surface area contributed by atoms with E-state index in [0.717, 1.165) is 30.2 Å². The van der Waals surface area contributed by atoms with Crippen molar-refractivity contribution in [2.75, 3.05) is 13.1 Å². The molecule has 5 nitrogen and oxygen atoms in total. The van der Waals surface area contributed by atoms with Gasteiger partial charge in [-0.05, 0) is 24.2 Å². The van der Waals surface area contributed by atoms with Crippen LogP contribution in [0.1, 0.15) is 40.5 Å². The molecule has 0 unspecified atom stereocenters. The van der Waals surface area contributed by atoms with Gasteiger partial charge in [0.05, 0.1) is 0 Å². The van der Waals surface area contributed by atoms with Crippen molar-refractivity contribution in [2.24, 2.45) is 5.73 Å². The highest BCUT2D eigenvalue weighted by Crippen LogP contribution is 2.11. The van der Waals surface area contributed by atoms with E-state index in [1.54, 1.807) is 5.38 Å². The fraction of sp³-hybridized carbons (Fsp3) is 0.412. The van der Waals surface area contributed by atoms with E-state index in [9.17, 15) is 4.79 Å². The van der Waals surface area contributed by atoms with Gasteiger partial charge in [-0.2, -0.15) is 0 Å². The van der Waals surface area contributed by atoms with Crippen LogP contribution in [-0.4, -0.2) is 28.9 Å². The molecule has 0 fully saturated rings. The molecule has 0 saturated heterocycles. The number of amides is 1. The van der Waals surface area contributed by atoms with E-state index < -0.39 is 0 Å². The van der Waals surface area contributed by atoms with Gasteiger partial charge in [-0.3, -0.25) is 9.69 Å². The topological polar surface area (TPSA) is 71.2 Å². The van der Waals surface area contributed by atoms with Crippen LogP contribution in [0.15, 0.2) is 29.6 Å². The summed E-state index contributed by atoms with van der Waals surface area (Å²) < 4.78 is 0. The van der Waals surface area contributed by atoms with E-state index in [1.807, 2.05) is 12.1 Å². The minimum Gasteiger partial charge on any atom is -0.347 e.